The predicted octanol–water partition coefficient (Wildman–Crippen LogP) is 4.04. The first-order valence-corrected chi connectivity index (χ1v) is 7.32. The second kappa shape index (κ2) is 7.09. The highest BCUT2D eigenvalue weighted by atomic mass is 16.4. The van der Waals surface area contributed by atoms with Gasteiger partial charge < -0.3 is 10.2 Å². The molecule has 4 nitrogen and oxygen atoms in total. The van der Waals surface area contributed by atoms with Crippen molar-refractivity contribution in [3.05, 3.63) is 0 Å². The molecule has 118 valence electrons. The molecule has 4 heteroatoms. The topological polar surface area (TPSA) is 74.6 Å². The summed E-state index contributed by atoms with van der Waals surface area (Å²) in [5, 5.41) is 18.3. The molecule has 0 fully saturated rings. The molecule has 0 rings (SSSR count). The lowest BCUT2D eigenvalue weighted by molar-refractivity contribution is -0.151. The minimum atomic E-state index is -0.789. The van der Waals surface area contributed by atoms with Crippen molar-refractivity contribution in [1.82, 2.24) is 0 Å². The Labute approximate surface area is 122 Å². The number of aliphatic carboxylic acids is 2. The Hall–Kier alpha value is -1.06. The van der Waals surface area contributed by atoms with Crippen molar-refractivity contribution in [2.24, 2.45) is 22.7 Å². The number of unbranched alkanes of at least 4 members (excludes halogenated alkanes) is 1. The van der Waals surface area contributed by atoms with E-state index in [4.69, 9.17) is 5.11 Å². The zero-order valence-electron chi connectivity index (χ0n) is 13.7. The molecule has 2 atom stereocenters. The maximum absolute atomic E-state index is 11.7. The summed E-state index contributed by atoms with van der Waals surface area (Å²) >= 11 is 0. The second-order valence-electron chi connectivity index (χ2n) is 7.79. The lowest BCUT2D eigenvalue weighted by Crippen LogP contribution is -2.41. The highest BCUT2D eigenvalue weighted by Crippen LogP contribution is 2.44. The molecule has 0 aromatic carbocycles. The molecular formula is C16H30O4. The molecule has 0 spiro atoms. The molecule has 0 heterocycles. The monoisotopic (exact) mass is 286 g/mol. The number of rotatable bonds is 7. The number of hydrogen-bond donors (Lipinski definition) is 2. The Morgan fingerprint density at radius 2 is 1.40 bits per heavy atom. The molecule has 0 aliphatic carbocycles. The molecule has 0 aromatic heterocycles. The molecule has 2 unspecified atom stereocenters. The third-order valence-corrected chi connectivity index (χ3v) is 3.87. The van der Waals surface area contributed by atoms with Crippen molar-refractivity contribution in [3.63, 3.8) is 0 Å². The molecule has 20 heavy (non-hydrogen) atoms. The lowest BCUT2D eigenvalue weighted by Gasteiger charge is -2.41. The Morgan fingerprint density at radius 1 is 0.900 bits per heavy atom. The lowest BCUT2D eigenvalue weighted by atomic mass is 9.62. The fourth-order valence-corrected chi connectivity index (χ4v) is 2.89. The van der Waals surface area contributed by atoms with Crippen LogP contribution >= 0.6 is 0 Å². The Bertz CT molecular complexity index is 333. The maximum atomic E-state index is 11.7. The zero-order chi connectivity index (χ0) is 16.1. The predicted molar refractivity (Wildman–Crippen MR) is 79.6 cm³/mol. The van der Waals surface area contributed by atoms with E-state index in [2.05, 4.69) is 20.8 Å². The summed E-state index contributed by atoms with van der Waals surface area (Å²) in [4.78, 5) is 22.2. The number of carboxylic acids is 2. The quantitative estimate of drug-likeness (QED) is 0.693. The van der Waals surface area contributed by atoms with Crippen LogP contribution in [-0.2, 0) is 9.59 Å². The van der Waals surface area contributed by atoms with E-state index in [1.807, 2.05) is 20.8 Å². The maximum Gasteiger partial charge on any atom is 0.307 e. The summed E-state index contributed by atoms with van der Waals surface area (Å²) in [6.07, 6.45) is 2.28. The van der Waals surface area contributed by atoms with E-state index in [1.54, 1.807) is 0 Å². The van der Waals surface area contributed by atoms with Crippen LogP contribution in [0.4, 0.5) is 0 Å². The van der Waals surface area contributed by atoms with Gasteiger partial charge in [-0.05, 0) is 29.6 Å². The van der Waals surface area contributed by atoms with Gasteiger partial charge >= 0.3 is 11.9 Å². The van der Waals surface area contributed by atoms with E-state index in [0.29, 0.717) is 6.42 Å². The van der Waals surface area contributed by atoms with Gasteiger partial charge in [-0.3, -0.25) is 9.59 Å². The van der Waals surface area contributed by atoms with Gasteiger partial charge in [0.25, 0.3) is 0 Å². The van der Waals surface area contributed by atoms with Crippen LogP contribution in [0.1, 0.15) is 67.2 Å². The highest BCUT2D eigenvalue weighted by molar-refractivity contribution is 5.71. The average molecular weight is 286 g/mol. The van der Waals surface area contributed by atoms with Gasteiger partial charge in [0.05, 0.1) is 5.92 Å². The number of hydrogen-bond acceptors (Lipinski definition) is 2. The van der Waals surface area contributed by atoms with Gasteiger partial charge in [0, 0.05) is 6.42 Å². The van der Waals surface area contributed by atoms with Gasteiger partial charge in [0.1, 0.15) is 0 Å². The molecule has 0 bridgehead atoms. The van der Waals surface area contributed by atoms with Crippen LogP contribution in [0.15, 0.2) is 0 Å². The van der Waals surface area contributed by atoms with Crippen LogP contribution in [-0.4, -0.2) is 22.2 Å². The van der Waals surface area contributed by atoms with Gasteiger partial charge in [-0.1, -0.05) is 48.0 Å². The summed E-state index contributed by atoms with van der Waals surface area (Å²) in [6.45, 7) is 12.1. The first kappa shape index (κ1) is 18.9. The van der Waals surface area contributed by atoms with Crippen molar-refractivity contribution < 1.29 is 19.8 Å². The van der Waals surface area contributed by atoms with Crippen LogP contribution in [0, 0.1) is 22.7 Å². The first-order chi connectivity index (χ1) is 8.87. The molecule has 0 saturated heterocycles. The summed E-state index contributed by atoms with van der Waals surface area (Å²) in [5.74, 6) is -1.93. The van der Waals surface area contributed by atoms with Crippen molar-refractivity contribution in [2.75, 3.05) is 0 Å². The molecule has 0 amide bonds. The third-order valence-electron chi connectivity index (χ3n) is 3.87. The average Bonchev–Trinajstić information content (AvgIpc) is 2.17. The molecule has 0 radical (unpaired) electrons. The van der Waals surface area contributed by atoms with Gasteiger partial charge in [-0.25, -0.2) is 0 Å². The molecule has 0 aromatic rings. The molecule has 0 aliphatic rings. The minimum absolute atomic E-state index is 0.0359. The van der Waals surface area contributed by atoms with Gasteiger partial charge in [0.2, 0.25) is 0 Å². The van der Waals surface area contributed by atoms with E-state index >= 15 is 0 Å². The molecular weight excluding hydrogens is 256 g/mol. The van der Waals surface area contributed by atoms with E-state index in [0.717, 1.165) is 12.8 Å². The van der Waals surface area contributed by atoms with Gasteiger partial charge in [-0.15, -0.1) is 0 Å². The minimum Gasteiger partial charge on any atom is -0.481 e. The van der Waals surface area contributed by atoms with E-state index in [9.17, 15) is 14.7 Å². The van der Waals surface area contributed by atoms with E-state index in [1.165, 1.54) is 0 Å². The normalized spacial score (nSPS) is 15.7. The van der Waals surface area contributed by atoms with E-state index < -0.39 is 17.9 Å². The van der Waals surface area contributed by atoms with Crippen LogP contribution in [0.25, 0.3) is 0 Å². The van der Waals surface area contributed by atoms with Crippen molar-refractivity contribution in [1.29, 1.82) is 0 Å². The number of carbonyl (C=O) groups is 2. The largest absolute Gasteiger partial charge is 0.481 e. The summed E-state index contributed by atoms with van der Waals surface area (Å²) in [5.41, 5.74) is -0.420. The fraction of sp³-hybridized carbons (Fsp3) is 0.875. The first-order valence-electron chi connectivity index (χ1n) is 7.32. The van der Waals surface area contributed by atoms with E-state index in [-0.39, 0.29) is 23.2 Å². The van der Waals surface area contributed by atoms with Crippen LogP contribution < -0.4 is 0 Å². The molecule has 0 saturated carbocycles. The van der Waals surface area contributed by atoms with Crippen molar-refractivity contribution >= 4 is 11.9 Å². The summed E-state index contributed by atoms with van der Waals surface area (Å²) < 4.78 is 0. The Balaban J connectivity index is 4.96. The molecule has 2 N–H and O–H groups in total. The summed E-state index contributed by atoms with van der Waals surface area (Å²) in [7, 11) is 0. The smallest absolute Gasteiger partial charge is 0.307 e. The highest BCUT2D eigenvalue weighted by Gasteiger charge is 2.42. The summed E-state index contributed by atoms with van der Waals surface area (Å²) in [6, 6.07) is 0. The van der Waals surface area contributed by atoms with Gasteiger partial charge in [-0.2, -0.15) is 0 Å². The van der Waals surface area contributed by atoms with Gasteiger partial charge in [0.15, 0.2) is 0 Å². The third kappa shape index (κ3) is 6.40. The van der Waals surface area contributed by atoms with Crippen LogP contribution in [0.5, 0.6) is 0 Å². The van der Waals surface area contributed by atoms with Crippen LogP contribution in [0.3, 0.4) is 0 Å². The Morgan fingerprint density at radius 3 is 1.70 bits per heavy atom. The molecule has 0 aliphatic heterocycles. The fourth-order valence-electron chi connectivity index (χ4n) is 2.89. The van der Waals surface area contributed by atoms with Crippen LogP contribution in [0.2, 0.25) is 0 Å². The zero-order valence-corrected chi connectivity index (χ0v) is 13.7. The SMILES string of the molecule is CC(C)(C)C(CCCCC(=O)O)C(C(=O)O)C(C)(C)C. The number of carboxylic acid groups (broad SMARTS) is 2. The van der Waals surface area contributed by atoms with Crippen molar-refractivity contribution in [2.45, 2.75) is 67.2 Å². The Kier molecular flexibility index (Phi) is 6.72. The standard InChI is InChI=1S/C16H30O4/c1-15(2,3)11(9-7-8-10-12(17)18)13(14(19)20)16(4,5)6/h11,13H,7-10H2,1-6H3,(H,17,18)(H,19,20). The van der Waals surface area contributed by atoms with Crippen molar-refractivity contribution in [3.8, 4) is 0 Å². The second-order valence-corrected chi connectivity index (χ2v) is 7.79.